The van der Waals surface area contributed by atoms with Gasteiger partial charge in [-0.2, -0.15) is 0 Å². The van der Waals surface area contributed by atoms with E-state index in [4.69, 9.17) is 14.2 Å². The van der Waals surface area contributed by atoms with E-state index in [2.05, 4.69) is 9.62 Å². The van der Waals surface area contributed by atoms with E-state index in [-0.39, 0.29) is 30.0 Å². The fourth-order valence-electron chi connectivity index (χ4n) is 3.51. The van der Waals surface area contributed by atoms with Crippen LogP contribution in [-0.2, 0) is 14.8 Å². The van der Waals surface area contributed by atoms with E-state index in [0.717, 1.165) is 19.2 Å². The Morgan fingerprint density at radius 3 is 2.34 bits per heavy atom. The van der Waals surface area contributed by atoms with Gasteiger partial charge in [-0.25, -0.2) is 13.1 Å². The highest BCUT2D eigenvalue weighted by Gasteiger charge is 2.32. The van der Waals surface area contributed by atoms with Crippen molar-refractivity contribution >= 4 is 15.7 Å². The maximum Gasteiger partial charge on any atom is 0.293 e. The molecule has 2 aliphatic rings. The summed E-state index contributed by atoms with van der Waals surface area (Å²) < 4.78 is 44.9. The summed E-state index contributed by atoms with van der Waals surface area (Å²) >= 11 is 0. The quantitative estimate of drug-likeness (QED) is 0.510. The van der Waals surface area contributed by atoms with Gasteiger partial charge in [-0.15, -0.1) is 0 Å². The Balaban J connectivity index is 1.85. The fraction of sp³-hybridized carbons (Fsp3) is 0.667. The van der Waals surface area contributed by atoms with Gasteiger partial charge in [-0.1, -0.05) is 13.8 Å². The molecule has 0 saturated carbocycles. The molecule has 3 rings (SSSR count). The minimum absolute atomic E-state index is 0.0480. The number of fused-ring (bicyclic) bond motifs is 1. The number of nitrogens with one attached hydrogen (secondary N) is 1. The lowest BCUT2D eigenvalue weighted by atomic mass is 10.0. The molecule has 2 heterocycles. The first-order chi connectivity index (χ1) is 13.8. The zero-order chi connectivity index (χ0) is 21.0. The van der Waals surface area contributed by atoms with E-state index in [1.54, 1.807) is 0 Å². The summed E-state index contributed by atoms with van der Waals surface area (Å²) in [6.07, 6.45) is 0.610. The number of sulfonamides is 1. The summed E-state index contributed by atoms with van der Waals surface area (Å²) in [5.74, 6) is 0.568. The smallest absolute Gasteiger partial charge is 0.293 e. The Labute approximate surface area is 170 Å². The first-order valence-corrected chi connectivity index (χ1v) is 11.2. The molecule has 10 nitrogen and oxygen atoms in total. The summed E-state index contributed by atoms with van der Waals surface area (Å²) in [7, 11) is -4.13. The van der Waals surface area contributed by atoms with Gasteiger partial charge in [0, 0.05) is 38.2 Å². The molecule has 0 radical (unpaired) electrons. The molecule has 0 aromatic heterocycles. The second-order valence-corrected chi connectivity index (χ2v) is 9.12. The van der Waals surface area contributed by atoms with E-state index in [0.29, 0.717) is 32.8 Å². The van der Waals surface area contributed by atoms with Crippen molar-refractivity contribution in [1.82, 2.24) is 9.62 Å². The molecule has 1 aromatic rings. The van der Waals surface area contributed by atoms with E-state index >= 15 is 0 Å². The normalized spacial score (nSPS) is 19.0. The van der Waals surface area contributed by atoms with Crippen molar-refractivity contribution < 1.29 is 27.6 Å². The standard InChI is InChI=1S/C18H27N3O7S/c1-13(2)15(20-4-8-26-9-5-20)12-19-29(24,25)18-11-17-16(10-14(18)21(22)23)27-6-3-7-28-17/h10-11,13,15,19H,3-9,12H2,1-2H3/t15-/m1/s1. The number of ether oxygens (including phenoxy) is 3. The Kier molecular flexibility index (Phi) is 6.93. The molecule has 29 heavy (non-hydrogen) atoms. The summed E-state index contributed by atoms with van der Waals surface area (Å²) in [5, 5.41) is 11.5. The molecule has 0 bridgehead atoms. The van der Waals surface area contributed by atoms with Crippen LogP contribution in [0.3, 0.4) is 0 Å². The van der Waals surface area contributed by atoms with Gasteiger partial charge in [0.05, 0.1) is 37.4 Å². The molecule has 0 spiro atoms. The number of benzene rings is 1. The molecule has 11 heteroatoms. The maximum absolute atomic E-state index is 13.0. The van der Waals surface area contributed by atoms with Crippen molar-refractivity contribution in [3.05, 3.63) is 22.2 Å². The lowest BCUT2D eigenvalue weighted by Crippen LogP contribution is -2.51. The lowest BCUT2D eigenvalue weighted by Gasteiger charge is -2.36. The van der Waals surface area contributed by atoms with Crippen LogP contribution in [0.5, 0.6) is 11.5 Å². The van der Waals surface area contributed by atoms with Crippen molar-refractivity contribution in [3.8, 4) is 11.5 Å². The molecule has 0 amide bonds. The van der Waals surface area contributed by atoms with Crippen molar-refractivity contribution in [2.45, 2.75) is 31.2 Å². The van der Waals surface area contributed by atoms with Crippen LogP contribution in [0.4, 0.5) is 5.69 Å². The average molecular weight is 429 g/mol. The second kappa shape index (κ2) is 9.24. The molecular formula is C18H27N3O7S. The van der Waals surface area contributed by atoms with Crippen molar-refractivity contribution in [2.75, 3.05) is 46.1 Å². The number of nitro benzene ring substituents is 1. The topological polar surface area (TPSA) is 120 Å². The Bertz CT molecular complexity index is 838. The third-order valence-electron chi connectivity index (χ3n) is 5.08. The summed E-state index contributed by atoms with van der Waals surface area (Å²) in [5.41, 5.74) is -0.533. The molecule has 162 valence electrons. The first kappa shape index (κ1) is 21.8. The SMILES string of the molecule is CC(C)[C@@H](CNS(=O)(=O)c1cc2c(cc1[N+](=O)[O-])OCCCO2)N1CCOCC1. The van der Waals surface area contributed by atoms with E-state index in [9.17, 15) is 18.5 Å². The summed E-state index contributed by atoms with van der Waals surface area (Å²) in [4.78, 5) is 12.6. The van der Waals surface area contributed by atoms with Gasteiger partial charge in [-0.3, -0.25) is 15.0 Å². The van der Waals surface area contributed by atoms with Crippen LogP contribution < -0.4 is 14.2 Å². The van der Waals surface area contributed by atoms with Crippen LogP contribution in [0.15, 0.2) is 17.0 Å². The van der Waals surface area contributed by atoms with E-state index < -0.39 is 25.5 Å². The largest absolute Gasteiger partial charge is 0.490 e. The van der Waals surface area contributed by atoms with Gasteiger partial charge >= 0.3 is 0 Å². The monoisotopic (exact) mass is 429 g/mol. The minimum Gasteiger partial charge on any atom is -0.490 e. The first-order valence-electron chi connectivity index (χ1n) is 9.69. The van der Waals surface area contributed by atoms with Gasteiger partial charge in [0.25, 0.3) is 5.69 Å². The van der Waals surface area contributed by atoms with Crippen molar-refractivity contribution in [3.63, 3.8) is 0 Å². The predicted molar refractivity (Wildman–Crippen MR) is 105 cm³/mol. The minimum atomic E-state index is -4.13. The van der Waals surface area contributed by atoms with Crippen LogP contribution >= 0.6 is 0 Å². The Hall–Kier alpha value is -1.95. The second-order valence-electron chi connectivity index (χ2n) is 7.39. The molecule has 1 N–H and O–H groups in total. The van der Waals surface area contributed by atoms with E-state index in [1.807, 2.05) is 13.8 Å². The number of hydrogen-bond donors (Lipinski definition) is 1. The molecule has 1 atom stereocenters. The summed E-state index contributed by atoms with van der Waals surface area (Å²) in [6.45, 7) is 7.52. The van der Waals surface area contributed by atoms with Crippen LogP contribution in [0.25, 0.3) is 0 Å². The Morgan fingerprint density at radius 2 is 1.76 bits per heavy atom. The van der Waals surface area contributed by atoms with Crippen molar-refractivity contribution in [2.24, 2.45) is 5.92 Å². The van der Waals surface area contributed by atoms with Gasteiger partial charge in [0.1, 0.15) is 0 Å². The molecule has 1 saturated heterocycles. The molecule has 2 aliphatic heterocycles. The zero-order valence-corrected chi connectivity index (χ0v) is 17.4. The number of rotatable bonds is 7. The fourth-order valence-corrected chi connectivity index (χ4v) is 4.72. The summed E-state index contributed by atoms with van der Waals surface area (Å²) in [6, 6.07) is 2.25. The highest BCUT2D eigenvalue weighted by Crippen LogP contribution is 2.38. The van der Waals surface area contributed by atoms with Crippen molar-refractivity contribution in [1.29, 1.82) is 0 Å². The lowest BCUT2D eigenvalue weighted by molar-refractivity contribution is -0.387. The van der Waals surface area contributed by atoms with Gasteiger partial charge in [0.2, 0.25) is 10.0 Å². The highest BCUT2D eigenvalue weighted by atomic mass is 32.2. The Morgan fingerprint density at radius 1 is 1.14 bits per heavy atom. The van der Waals surface area contributed by atoms with Crippen LogP contribution in [0.1, 0.15) is 20.3 Å². The maximum atomic E-state index is 13.0. The van der Waals surface area contributed by atoms with Gasteiger partial charge in [0.15, 0.2) is 16.4 Å². The number of hydrogen-bond acceptors (Lipinski definition) is 8. The third kappa shape index (κ3) is 5.16. The molecular weight excluding hydrogens is 402 g/mol. The van der Waals surface area contributed by atoms with E-state index in [1.165, 1.54) is 6.07 Å². The predicted octanol–water partition coefficient (Wildman–Crippen LogP) is 1.39. The molecule has 0 aliphatic carbocycles. The number of nitro groups is 1. The van der Waals surface area contributed by atoms with Crippen LogP contribution in [0.2, 0.25) is 0 Å². The molecule has 1 aromatic carbocycles. The molecule has 1 fully saturated rings. The van der Waals surface area contributed by atoms with Gasteiger partial charge in [-0.05, 0) is 5.92 Å². The van der Waals surface area contributed by atoms with Crippen LogP contribution in [-0.4, -0.2) is 70.3 Å². The number of morpholine rings is 1. The average Bonchev–Trinajstić information content (AvgIpc) is 2.92. The highest BCUT2D eigenvalue weighted by molar-refractivity contribution is 7.89. The molecule has 0 unspecified atom stereocenters. The van der Waals surface area contributed by atoms with Crippen LogP contribution in [0, 0.1) is 16.0 Å². The zero-order valence-electron chi connectivity index (χ0n) is 16.6. The number of nitrogens with zero attached hydrogens (tertiary/aromatic N) is 2. The van der Waals surface area contributed by atoms with Gasteiger partial charge < -0.3 is 14.2 Å². The third-order valence-corrected chi connectivity index (χ3v) is 6.53.